The third kappa shape index (κ3) is 6.38. The summed E-state index contributed by atoms with van der Waals surface area (Å²) in [6, 6.07) is 0. The molecule has 0 saturated carbocycles. The standard InChI is InChI=1S/C20H37F2NO5Si/c1-17(2,3)28-16(25)23-14-20(21,22)13-19(23,15(24)26-7)11-10-12-27-29(8,9)18(4,5)6/h10-14H2,1-9H3. The molecule has 29 heavy (non-hydrogen) atoms. The molecule has 0 aliphatic carbocycles. The average Bonchev–Trinajstić information content (AvgIpc) is 2.80. The lowest BCUT2D eigenvalue weighted by Gasteiger charge is -2.38. The molecule has 1 unspecified atom stereocenters. The van der Waals surface area contributed by atoms with E-state index < -0.39 is 50.4 Å². The summed E-state index contributed by atoms with van der Waals surface area (Å²) in [5, 5.41) is 0.00990. The highest BCUT2D eigenvalue weighted by atomic mass is 28.4. The number of rotatable bonds is 6. The van der Waals surface area contributed by atoms with Crippen molar-refractivity contribution in [3.63, 3.8) is 0 Å². The molecule has 1 aliphatic rings. The molecule has 0 bridgehead atoms. The Bertz CT molecular complexity index is 613. The molecule has 1 amide bonds. The summed E-state index contributed by atoms with van der Waals surface area (Å²) in [7, 11) is -0.871. The summed E-state index contributed by atoms with van der Waals surface area (Å²) in [6.07, 6.45) is -1.36. The number of methoxy groups -OCH3 is 1. The summed E-state index contributed by atoms with van der Waals surface area (Å²) in [6.45, 7) is 14.9. The Morgan fingerprint density at radius 1 is 1.10 bits per heavy atom. The van der Waals surface area contributed by atoms with Crippen LogP contribution in [0, 0.1) is 0 Å². The third-order valence-electron chi connectivity index (χ3n) is 5.64. The number of alkyl halides is 2. The predicted octanol–water partition coefficient (Wildman–Crippen LogP) is 4.98. The van der Waals surface area contributed by atoms with Crippen LogP contribution in [0.5, 0.6) is 0 Å². The molecule has 1 fully saturated rings. The zero-order chi connectivity index (χ0) is 22.9. The molecule has 0 aromatic carbocycles. The lowest BCUT2D eigenvalue weighted by Crippen LogP contribution is -2.55. The fourth-order valence-electron chi connectivity index (χ4n) is 3.12. The van der Waals surface area contributed by atoms with Crippen molar-refractivity contribution in [2.75, 3.05) is 20.3 Å². The van der Waals surface area contributed by atoms with Gasteiger partial charge in [-0.25, -0.2) is 18.4 Å². The van der Waals surface area contributed by atoms with E-state index in [1.807, 2.05) is 0 Å². The van der Waals surface area contributed by atoms with Gasteiger partial charge in [0.15, 0.2) is 8.32 Å². The van der Waals surface area contributed by atoms with Crippen molar-refractivity contribution in [1.29, 1.82) is 0 Å². The van der Waals surface area contributed by atoms with Crippen molar-refractivity contribution in [1.82, 2.24) is 4.90 Å². The van der Waals surface area contributed by atoms with Gasteiger partial charge >= 0.3 is 12.1 Å². The van der Waals surface area contributed by atoms with E-state index in [2.05, 4.69) is 33.9 Å². The SMILES string of the molecule is COC(=O)C1(CCCO[Si](C)(C)C(C)(C)C)CC(F)(F)CN1C(=O)OC(C)(C)C. The molecule has 1 rings (SSSR count). The maximum Gasteiger partial charge on any atom is 0.411 e. The van der Waals surface area contributed by atoms with Crippen LogP contribution >= 0.6 is 0 Å². The number of amides is 1. The molecular formula is C20H37F2NO5Si. The van der Waals surface area contributed by atoms with E-state index in [9.17, 15) is 18.4 Å². The van der Waals surface area contributed by atoms with Crippen LogP contribution in [0.15, 0.2) is 0 Å². The van der Waals surface area contributed by atoms with Gasteiger partial charge in [0.25, 0.3) is 5.92 Å². The van der Waals surface area contributed by atoms with Crippen molar-refractivity contribution in [3.05, 3.63) is 0 Å². The van der Waals surface area contributed by atoms with E-state index in [1.54, 1.807) is 20.8 Å². The molecule has 1 aliphatic heterocycles. The van der Waals surface area contributed by atoms with E-state index in [4.69, 9.17) is 13.9 Å². The third-order valence-corrected chi connectivity index (χ3v) is 10.2. The number of hydrogen-bond donors (Lipinski definition) is 0. The van der Waals surface area contributed by atoms with Crippen molar-refractivity contribution < 1.29 is 32.3 Å². The molecule has 6 nitrogen and oxygen atoms in total. The first kappa shape index (κ1) is 25.8. The van der Waals surface area contributed by atoms with Crippen LogP contribution in [0.3, 0.4) is 0 Å². The minimum atomic E-state index is -3.20. The second-order valence-corrected chi connectivity index (χ2v) is 15.1. The summed E-state index contributed by atoms with van der Waals surface area (Å²) in [5.74, 6) is -4.06. The quantitative estimate of drug-likeness (QED) is 0.333. The van der Waals surface area contributed by atoms with E-state index in [0.29, 0.717) is 13.0 Å². The minimum Gasteiger partial charge on any atom is -0.467 e. The lowest BCUT2D eigenvalue weighted by atomic mass is 9.89. The molecule has 0 aromatic heterocycles. The number of esters is 1. The highest BCUT2D eigenvalue weighted by molar-refractivity contribution is 6.74. The Kier molecular flexibility index (Phi) is 7.56. The number of carbonyl (C=O) groups is 2. The maximum atomic E-state index is 14.4. The molecule has 1 atom stereocenters. The summed E-state index contributed by atoms with van der Waals surface area (Å²) in [5.41, 5.74) is -2.64. The van der Waals surface area contributed by atoms with Gasteiger partial charge in [0, 0.05) is 13.0 Å². The van der Waals surface area contributed by atoms with Gasteiger partial charge in [0.2, 0.25) is 0 Å². The smallest absolute Gasteiger partial charge is 0.411 e. The maximum absolute atomic E-state index is 14.4. The number of likely N-dealkylation sites (tertiary alicyclic amines) is 1. The molecule has 170 valence electrons. The monoisotopic (exact) mass is 437 g/mol. The first-order valence-electron chi connectivity index (χ1n) is 9.98. The Morgan fingerprint density at radius 3 is 2.10 bits per heavy atom. The van der Waals surface area contributed by atoms with Gasteiger partial charge in [-0.2, -0.15) is 0 Å². The second kappa shape index (κ2) is 8.49. The Morgan fingerprint density at radius 2 is 1.66 bits per heavy atom. The van der Waals surface area contributed by atoms with E-state index >= 15 is 0 Å². The molecule has 0 aromatic rings. The number of hydrogen-bond acceptors (Lipinski definition) is 5. The van der Waals surface area contributed by atoms with Gasteiger partial charge in [-0.1, -0.05) is 20.8 Å². The largest absolute Gasteiger partial charge is 0.467 e. The predicted molar refractivity (Wildman–Crippen MR) is 110 cm³/mol. The molecule has 9 heteroatoms. The fourth-order valence-corrected chi connectivity index (χ4v) is 4.21. The van der Waals surface area contributed by atoms with Crippen LogP contribution in [0.25, 0.3) is 0 Å². The van der Waals surface area contributed by atoms with Crippen molar-refractivity contribution in [3.8, 4) is 0 Å². The molecular weight excluding hydrogens is 400 g/mol. The molecule has 0 radical (unpaired) electrons. The summed E-state index contributed by atoms with van der Waals surface area (Å²) in [4.78, 5) is 26.1. The Balaban J connectivity index is 3.04. The lowest BCUT2D eigenvalue weighted by molar-refractivity contribution is -0.154. The van der Waals surface area contributed by atoms with Crippen molar-refractivity contribution in [2.45, 2.75) is 96.0 Å². The molecule has 0 N–H and O–H groups in total. The second-order valence-electron chi connectivity index (χ2n) is 10.3. The van der Waals surface area contributed by atoms with Crippen LogP contribution in [0.4, 0.5) is 13.6 Å². The van der Waals surface area contributed by atoms with Crippen LogP contribution in [-0.2, 0) is 18.7 Å². The van der Waals surface area contributed by atoms with E-state index in [1.165, 1.54) is 0 Å². The van der Waals surface area contributed by atoms with Gasteiger partial charge in [-0.3, -0.25) is 4.90 Å². The average molecular weight is 438 g/mol. The highest BCUT2D eigenvalue weighted by Gasteiger charge is 2.62. The minimum absolute atomic E-state index is 0.00990. The van der Waals surface area contributed by atoms with Gasteiger partial charge in [-0.15, -0.1) is 0 Å². The van der Waals surface area contributed by atoms with E-state index in [-0.39, 0.29) is 11.5 Å². The first-order valence-corrected chi connectivity index (χ1v) is 12.9. The van der Waals surface area contributed by atoms with Crippen LogP contribution < -0.4 is 0 Å². The van der Waals surface area contributed by atoms with Crippen LogP contribution in [0.1, 0.15) is 60.8 Å². The topological polar surface area (TPSA) is 65.1 Å². The summed E-state index contributed by atoms with van der Waals surface area (Å²) < 4.78 is 44.9. The van der Waals surface area contributed by atoms with Gasteiger partial charge in [-0.05, 0) is 51.7 Å². The number of nitrogens with zero attached hydrogens (tertiary/aromatic N) is 1. The molecule has 1 heterocycles. The Hall–Kier alpha value is -1.22. The zero-order valence-electron chi connectivity index (χ0n) is 19.3. The molecule has 1 saturated heterocycles. The number of ether oxygens (including phenoxy) is 2. The van der Waals surface area contributed by atoms with Gasteiger partial charge < -0.3 is 13.9 Å². The van der Waals surface area contributed by atoms with Gasteiger partial charge in [0.05, 0.1) is 13.7 Å². The van der Waals surface area contributed by atoms with E-state index in [0.717, 1.165) is 12.0 Å². The van der Waals surface area contributed by atoms with Crippen molar-refractivity contribution >= 4 is 20.4 Å². The fraction of sp³-hybridized carbons (Fsp3) is 0.900. The normalized spacial score (nSPS) is 22.5. The van der Waals surface area contributed by atoms with Crippen molar-refractivity contribution in [2.24, 2.45) is 0 Å². The molecule has 0 spiro atoms. The zero-order valence-corrected chi connectivity index (χ0v) is 20.3. The number of halogens is 2. The van der Waals surface area contributed by atoms with Crippen LogP contribution in [-0.4, -0.2) is 62.6 Å². The van der Waals surface area contributed by atoms with Crippen LogP contribution in [0.2, 0.25) is 18.1 Å². The van der Waals surface area contributed by atoms with Gasteiger partial charge in [0.1, 0.15) is 11.1 Å². The number of carbonyl (C=O) groups excluding carboxylic acids is 2. The first-order chi connectivity index (χ1) is 12.9. The summed E-state index contributed by atoms with van der Waals surface area (Å²) >= 11 is 0. The Labute approximate surface area is 174 Å². The highest BCUT2D eigenvalue weighted by Crippen LogP contribution is 2.44.